The first kappa shape index (κ1) is 15.5. The summed E-state index contributed by atoms with van der Waals surface area (Å²) in [6.07, 6.45) is 1.33. The number of likely N-dealkylation sites (tertiary alicyclic amines) is 1. The summed E-state index contributed by atoms with van der Waals surface area (Å²) >= 11 is 3.57. The Bertz CT molecular complexity index is 501. The lowest BCUT2D eigenvalue weighted by Crippen LogP contribution is -2.50. The minimum absolute atomic E-state index is 0.00412. The van der Waals surface area contributed by atoms with Crippen LogP contribution in [0.1, 0.15) is 43.9 Å². The van der Waals surface area contributed by atoms with E-state index in [4.69, 9.17) is 5.73 Å². The van der Waals surface area contributed by atoms with E-state index in [1.807, 2.05) is 4.90 Å². The van der Waals surface area contributed by atoms with Crippen molar-refractivity contribution in [3.63, 3.8) is 0 Å². The third-order valence-corrected chi connectivity index (χ3v) is 4.71. The Morgan fingerprint density at radius 3 is 2.75 bits per heavy atom. The Balaban J connectivity index is 2.36. The van der Waals surface area contributed by atoms with Crippen LogP contribution in [0.3, 0.4) is 0 Å². The summed E-state index contributed by atoms with van der Waals surface area (Å²) in [5.74, 6) is 0.669. The molecule has 2 rings (SSSR count). The average Bonchev–Trinajstić information content (AvgIpc) is 2.37. The molecule has 2 atom stereocenters. The topological polar surface area (TPSA) is 46.3 Å². The normalized spacial score (nSPS) is 23.5. The van der Waals surface area contributed by atoms with E-state index in [1.54, 1.807) is 0 Å². The molecule has 0 aromatic heterocycles. The van der Waals surface area contributed by atoms with Crippen molar-refractivity contribution < 1.29 is 4.79 Å². The van der Waals surface area contributed by atoms with E-state index in [1.165, 1.54) is 5.56 Å². The molecule has 2 unspecified atom stereocenters. The smallest absolute Gasteiger partial charge is 0.223 e. The standard InChI is InChI=1S/C16H23BrN2O/c1-10(2)9-19-15(20)7-6-14(18)16(19)12-5-4-11(3)13(17)8-12/h4-5,8,10,14,16H,6-7,9,18H2,1-3H3. The van der Waals surface area contributed by atoms with Gasteiger partial charge in [-0.2, -0.15) is 0 Å². The van der Waals surface area contributed by atoms with Gasteiger partial charge in [0.25, 0.3) is 0 Å². The first-order valence-electron chi connectivity index (χ1n) is 7.21. The molecule has 0 saturated carbocycles. The van der Waals surface area contributed by atoms with E-state index in [2.05, 4.69) is 54.9 Å². The Hall–Kier alpha value is -0.870. The number of carbonyl (C=O) groups is 1. The van der Waals surface area contributed by atoms with Gasteiger partial charge in [0.15, 0.2) is 0 Å². The predicted molar refractivity (Wildman–Crippen MR) is 85.4 cm³/mol. The molecule has 1 amide bonds. The van der Waals surface area contributed by atoms with E-state index in [0.29, 0.717) is 12.3 Å². The fraction of sp³-hybridized carbons (Fsp3) is 0.562. The summed E-state index contributed by atoms with van der Waals surface area (Å²) in [5, 5.41) is 0. The van der Waals surface area contributed by atoms with Crippen LogP contribution in [0.2, 0.25) is 0 Å². The number of carbonyl (C=O) groups excluding carboxylic acids is 1. The number of aryl methyl sites for hydroxylation is 1. The number of rotatable bonds is 3. The number of hydrogen-bond donors (Lipinski definition) is 1. The van der Waals surface area contributed by atoms with Crippen molar-refractivity contribution in [1.82, 2.24) is 4.90 Å². The number of hydrogen-bond acceptors (Lipinski definition) is 2. The van der Waals surface area contributed by atoms with Gasteiger partial charge in [-0.05, 0) is 36.5 Å². The molecule has 0 radical (unpaired) electrons. The van der Waals surface area contributed by atoms with Crippen LogP contribution in [-0.2, 0) is 4.79 Å². The van der Waals surface area contributed by atoms with Gasteiger partial charge in [0.2, 0.25) is 5.91 Å². The highest BCUT2D eigenvalue weighted by Gasteiger charge is 2.35. The van der Waals surface area contributed by atoms with Gasteiger partial charge in [0, 0.05) is 23.5 Å². The first-order valence-corrected chi connectivity index (χ1v) is 8.00. The highest BCUT2D eigenvalue weighted by Crippen LogP contribution is 2.33. The highest BCUT2D eigenvalue weighted by atomic mass is 79.9. The van der Waals surface area contributed by atoms with Crippen LogP contribution in [-0.4, -0.2) is 23.4 Å². The zero-order valence-corrected chi connectivity index (χ0v) is 14.0. The Morgan fingerprint density at radius 2 is 2.15 bits per heavy atom. The molecule has 1 aromatic rings. The van der Waals surface area contributed by atoms with Crippen LogP contribution >= 0.6 is 15.9 Å². The zero-order valence-electron chi connectivity index (χ0n) is 12.4. The van der Waals surface area contributed by atoms with E-state index in [9.17, 15) is 4.79 Å². The number of halogens is 1. The molecule has 2 N–H and O–H groups in total. The third kappa shape index (κ3) is 3.23. The maximum absolute atomic E-state index is 12.3. The molecular weight excluding hydrogens is 316 g/mol. The summed E-state index contributed by atoms with van der Waals surface area (Å²) in [4.78, 5) is 14.2. The summed E-state index contributed by atoms with van der Waals surface area (Å²) in [5.41, 5.74) is 8.64. The lowest BCUT2D eigenvalue weighted by molar-refractivity contribution is -0.138. The largest absolute Gasteiger partial charge is 0.334 e. The Kier molecular flexibility index (Phi) is 4.86. The van der Waals surface area contributed by atoms with Gasteiger partial charge >= 0.3 is 0 Å². The average molecular weight is 339 g/mol. The summed E-state index contributed by atoms with van der Waals surface area (Å²) in [6.45, 7) is 7.10. The second-order valence-electron chi connectivity index (χ2n) is 6.10. The summed E-state index contributed by atoms with van der Waals surface area (Å²) in [7, 11) is 0. The van der Waals surface area contributed by atoms with Crippen LogP contribution in [0.4, 0.5) is 0 Å². The van der Waals surface area contributed by atoms with Gasteiger partial charge < -0.3 is 10.6 Å². The summed E-state index contributed by atoms with van der Waals surface area (Å²) < 4.78 is 1.07. The van der Waals surface area contributed by atoms with E-state index >= 15 is 0 Å². The third-order valence-electron chi connectivity index (χ3n) is 3.85. The molecule has 1 aliphatic rings. The van der Waals surface area contributed by atoms with E-state index in [0.717, 1.165) is 23.0 Å². The molecule has 1 aliphatic heterocycles. The van der Waals surface area contributed by atoms with Crippen molar-refractivity contribution in [3.8, 4) is 0 Å². The van der Waals surface area contributed by atoms with Crippen LogP contribution in [0.5, 0.6) is 0 Å². The van der Waals surface area contributed by atoms with Gasteiger partial charge in [0.05, 0.1) is 6.04 Å². The van der Waals surface area contributed by atoms with Gasteiger partial charge in [0.1, 0.15) is 0 Å². The monoisotopic (exact) mass is 338 g/mol. The van der Waals surface area contributed by atoms with E-state index < -0.39 is 0 Å². The van der Waals surface area contributed by atoms with Crippen LogP contribution in [0, 0.1) is 12.8 Å². The Labute approximate surface area is 129 Å². The quantitative estimate of drug-likeness (QED) is 0.917. The first-order chi connectivity index (χ1) is 9.40. The minimum atomic E-state index is -0.00412. The molecule has 0 bridgehead atoms. The lowest BCUT2D eigenvalue weighted by Gasteiger charge is -2.41. The van der Waals surface area contributed by atoms with Crippen LogP contribution in [0.15, 0.2) is 22.7 Å². The number of nitrogens with zero attached hydrogens (tertiary/aromatic N) is 1. The highest BCUT2D eigenvalue weighted by molar-refractivity contribution is 9.10. The maximum Gasteiger partial charge on any atom is 0.223 e. The molecule has 1 fully saturated rings. The molecule has 20 heavy (non-hydrogen) atoms. The molecule has 1 saturated heterocycles. The Morgan fingerprint density at radius 1 is 1.45 bits per heavy atom. The molecular formula is C16H23BrN2O. The second kappa shape index (κ2) is 6.27. The van der Waals surface area contributed by atoms with Gasteiger partial charge in [-0.15, -0.1) is 0 Å². The minimum Gasteiger partial charge on any atom is -0.334 e. The fourth-order valence-electron chi connectivity index (χ4n) is 2.81. The number of piperidine rings is 1. The number of amides is 1. The van der Waals surface area contributed by atoms with Gasteiger partial charge in [-0.25, -0.2) is 0 Å². The van der Waals surface area contributed by atoms with Crippen LogP contribution in [0.25, 0.3) is 0 Å². The van der Waals surface area contributed by atoms with Crippen molar-refractivity contribution in [3.05, 3.63) is 33.8 Å². The van der Waals surface area contributed by atoms with Gasteiger partial charge in [-0.3, -0.25) is 4.79 Å². The fourth-order valence-corrected chi connectivity index (χ4v) is 3.20. The van der Waals surface area contributed by atoms with Crippen molar-refractivity contribution in [2.45, 2.75) is 45.7 Å². The number of nitrogens with two attached hydrogens (primary N) is 1. The zero-order chi connectivity index (χ0) is 14.9. The molecule has 3 nitrogen and oxygen atoms in total. The second-order valence-corrected chi connectivity index (χ2v) is 6.95. The number of benzene rings is 1. The molecule has 4 heteroatoms. The van der Waals surface area contributed by atoms with Crippen molar-refractivity contribution >= 4 is 21.8 Å². The molecule has 1 heterocycles. The molecule has 0 spiro atoms. The van der Waals surface area contributed by atoms with Crippen molar-refractivity contribution in [1.29, 1.82) is 0 Å². The molecule has 110 valence electrons. The maximum atomic E-state index is 12.3. The van der Waals surface area contributed by atoms with Crippen molar-refractivity contribution in [2.24, 2.45) is 11.7 Å². The summed E-state index contributed by atoms with van der Waals surface area (Å²) in [6, 6.07) is 6.29. The van der Waals surface area contributed by atoms with Gasteiger partial charge in [-0.1, -0.05) is 41.9 Å². The SMILES string of the molecule is Cc1ccc(C2C(N)CCC(=O)N2CC(C)C)cc1Br. The lowest BCUT2D eigenvalue weighted by atomic mass is 9.89. The van der Waals surface area contributed by atoms with Crippen molar-refractivity contribution in [2.75, 3.05) is 6.54 Å². The van der Waals surface area contributed by atoms with Crippen LogP contribution < -0.4 is 5.73 Å². The van der Waals surface area contributed by atoms with E-state index in [-0.39, 0.29) is 18.0 Å². The predicted octanol–water partition coefficient (Wildman–Crippen LogP) is 3.40. The molecule has 1 aromatic carbocycles. The molecule has 0 aliphatic carbocycles.